The van der Waals surface area contributed by atoms with E-state index in [0.29, 0.717) is 18.7 Å². The fourth-order valence-corrected chi connectivity index (χ4v) is 2.59. The van der Waals surface area contributed by atoms with E-state index in [1.54, 1.807) is 0 Å². The van der Waals surface area contributed by atoms with E-state index in [4.69, 9.17) is 11.5 Å². The zero-order valence-electron chi connectivity index (χ0n) is 10.6. The topological polar surface area (TPSA) is 81.1 Å². The number of nitrogens with two attached hydrogens (primary N) is 2. The minimum atomic E-state index is -0.162. The summed E-state index contributed by atoms with van der Waals surface area (Å²) >= 11 is 0. The van der Waals surface area contributed by atoms with Crippen molar-refractivity contribution in [1.82, 2.24) is 5.32 Å². The van der Waals surface area contributed by atoms with Crippen molar-refractivity contribution < 1.29 is 4.79 Å². The minimum Gasteiger partial charge on any atom is -0.399 e. The lowest BCUT2D eigenvalue weighted by Crippen LogP contribution is -2.52. The highest BCUT2D eigenvalue weighted by atomic mass is 16.1. The Labute approximate surface area is 108 Å². The first-order chi connectivity index (χ1) is 8.63. The Bertz CT molecular complexity index is 408. The highest BCUT2D eigenvalue weighted by molar-refractivity contribution is 5.79. The molecule has 1 aromatic rings. The highest BCUT2D eigenvalue weighted by Gasteiger charge is 2.33. The van der Waals surface area contributed by atoms with Crippen molar-refractivity contribution >= 4 is 11.6 Å². The average Bonchev–Trinajstić information content (AvgIpc) is 2.81. The van der Waals surface area contributed by atoms with Gasteiger partial charge in [0.25, 0.3) is 0 Å². The number of anilines is 1. The van der Waals surface area contributed by atoms with Gasteiger partial charge in [-0.15, -0.1) is 0 Å². The van der Waals surface area contributed by atoms with Gasteiger partial charge in [-0.3, -0.25) is 4.79 Å². The van der Waals surface area contributed by atoms with Gasteiger partial charge >= 0.3 is 0 Å². The number of benzene rings is 1. The van der Waals surface area contributed by atoms with Crippen LogP contribution in [0.25, 0.3) is 0 Å². The molecule has 0 heterocycles. The van der Waals surface area contributed by atoms with Gasteiger partial charge in [0.2, 0.25) is 5.91 Å². The van der Waals surface area contributed by atoms with Gasteiger partial charge in [-0.1, -0.05) is 25.0 Å². The van der Waals surface area contributed by atoms with Crippen molar-refractivity contribution in [3.8, 4) is 0 Å². The third-order valence-corrected chi connectivity index (χ3v) is 3.70. The highest BCUT2D eigenvalue weighted by Crippen LogP contribution is 2.28. The predicted octanol–water partition coefficient (Wildman–Crippen LogP) is 1.20. The monoisotopic (exact) mass is 247 g/mol. The smallest absolute Gasteiger partial charge is 0.224 e. The Morgan fingerprint density at radius 2 is 1.83 bits per heavy atom. The van der Waals surface area contributed by atoms with Crippen molar-refractivity contribution in [2.75, 3.05) is 12.3 Å². The normalized spacial score (nSPS) is 17.6. The molecule has 0 aromatic heterocycles. The van der Waals surface area contributed by atoms with Crippen LogP contribution in [0.4, 0.5) is 5.69 Å². The number of amides is 1. The summed E-state index contributed by atoms with van der Waals surface area (Å²) in [5.41, 5.74) is 12.9. The maximum absolute atomic E-state index is 12.0. The molecule has 0 spiro atoms. The molecule has 5 N–H and O–H groups in total. The van der Waals surface area contributed by atoms with Gasteiger partial charge in [0, 0.05) is 12.2 Å². The van der Waals surface area contributed by atoms with Crippen LogP contribution < -0.4 is 16.8 Å². The number of carbonyl (C=O) groups is 1. The van der Waals surface area contributed by atoms with Gasteiger partial charge in [0.1, 0.15) is 0 Å². The maximum Gasteiger partial charge on any atom is 0.224 e. The Balaban J connectivity index is 1.94. The van der Waals surface area contributed by atoms with Gasteiger partial charge in [0.05, 0.1) is 12.0 Å². The zero-order valence-corrected chi connectivity index (χ0v) is 10.6. The molecule has 0 radical (unpaired) electrons. The molecule has 1 aliphatic rings. The molecule has 4 heteroatoms. The van der Waals surface area contributed by atoms with Crippen LogP contribution in [0.15, 0.2) is 24.3 Å². The first kappa shape index (κ1) is 12.9. The third kappa shape index (κ3) is 3.01. The molecule has 0 bridgehead atoms. The summed E-state index contributed by atoms with van der Waals surface area (Å²) < 4.78 is 0. The van der Waals surface area contributed by atoms with Gasteiger partial charge in [-0.05, 0) is 30.5 Å². The molecule has 0 unspecified atom stereocenters. The summed E-state index contributed by atoms with van der Waals surface area (Å²) in [5.74, 6) is 0.0483. The van der Waals surface area contributed by atoms with Crippen LogP contribution in [0.2, 0.25) is 0 Å². The second-order valence-electron chi connectivity index (χ2n) is 5.16. The van der Waals surface area contributed by atoms with Crippen molar-refractivity contribution in [2.24, 2.45) is 5.73 Å². The number of carbonyl (C=O) groups excluding carboxylic acids is 1. The molecule has 0 saturated heterocycles. The molecule has 2 rings (SSSR count). The SMILES string of the molecule is NCC1(NC(=O)Cc2ccc(N)cc2)CCCC1. The van der Waals surface area contributed by atoms with E-state index in [-0.39, 0.29) is 11.4 Å². The maximum atomic E-state index is 12.0. The van der Waals surface area contributed by atoms with Gasteiger partial charge in [-0.25, -0.2) is 0 Å². The van der Waals surface area contributed by atoms with E-state index in [1.807, 2.05) is 24.3 Å². The molecular weight excluding hydrogens is 226 g/mol. The second-order valence-corrected chi connectivity index (χ2v) is 5.16. The summed E-state index contributed by atoms with van der Waals surface area (Å²) in [6.45, 7) is 0.528. The summed E-state index contributed by atoms with van der Waals surface area (Å²) in [6, 6.07) is 7.41. The van der Waals surface area contributed by atoms with Crippen LogP contribution in [-0.4, -0.2) is 18.0 Å². The molecule has 1 saturated carbocycles. The lowest BCUT2D eigenvalue weighted by Gasteiger charge is -2.28. The van der Waals surface area contributed by atoms with Gasteiger partial charge < -0.3 is 16.8 Å². The van der Waals surface area contributed by atoms with Crippen LogP contribution >= 0.6 is 0 Å². The fourth-order valence-electron chi connectivity index (χ4n) is 2.59. The van der Waals surface area contributed by atoms with E-state index in [9.17, 15) is 4.79 Å². The molecule has 4 nitrogen and oxygen atoms in total. The first-order valence-corrected chi connectivity index (χ1v) is 6.49. The lowest BCUT2D eigenvalue weighted by molar-refractivity contribution is -0.122. The number of hydrogen-bond donors (Lipinski definition) is 3. The molecule has 1 aromatic carbocycles. The molecule has 1 fully saturated rings. The number of rotatable bonds is 4. The predicted molar refractivity (Wildman–Crippen MR) is 73.0 cm³/mol. The largest absolute Gasteiger partial charge is 0.399 e. The zero-order chi connectivity index (χ0) is 13.0. The Morgan fingerprint density at radius 1 is 1.22 bits per heavy atom. The fraction of sp³-hybridized carbons (Fsp3) is 0.500. The molecule has 0 aliphatic heterocycles. The molecule has 0 atom stereocenters. The summed E-state index contributed by atoms with van der Waals surface area (Å²) in [5, 5.41) is 3.11. The average molecular weight is 247 g/mol. The van der Waals surface area contributed by atoms with Crippen molar-refractivity contribution in [3.05, 3.63) is 29.8 Å². The van der Waals surface area contributed by atoms with E-state index in [2.05, 4.69) is 5.32 Å². The summed E-state index contributed by atoms with van der Waals surface area (Å²) in [7, 11) is 0. The van der Waals surface area contributed by atoms with Crippen LogP contribution in [0.5, 0.6) is 0 Å². The summed E-state index contributed by atoms with van der Waals surface area (Å²) in [4.78, 5) is 12.0. The van der Waals surface area contributed by atoms with Crippen molar-refractivity contribution in [3.63, 3.8) is 0 Å². The van der Waals surface area contributed by atoms with E-state index in [0.717, 1.165) is 31.2 Å². The first-order valence-electron chi connectivity index (χ1n) is 6.49. The van der Waals surface area contributed by atoms with Gasteiger partial charge in [-0.2, -0.15) is 0 Å². The Kier molecular flexibility index (Phi) is 3.87. The van der Waals surface area contributed by atoms with Crippen LogP contribution in [0.3, 0.4) is 0 Å². The molecule has 18 heavy (non-hydrogen) atoms. The molecule has 1 amide bonds. The Morgan fingerprint density at radius 3 is 2.39 bits per heavy atom. The van der Waals surface area contributed by atoms with Crippen LogP contribution in [-0.2, 0) is 11.2 Å². The Hall–Kier alpha value is -1.55. The second kappa shape index (κ2) is 5.40. The molecule has 98 valence electrons. The quantitative estimate of drug-likeness (QED) is 0.699. The van der Waals surface area contributed by atoms with E-state index >= 15 is 0 Å². The molecule has 1 aliphatic carbocycles. The number of nitrogen functional groups attached to an aromatic ring is 1. The van der Waals surface area contributed by atoms with Crippen molar-refractivity contribution in [1.29, 1.82) is 0 Å². The van der Waals surface area contributed by atoms with Gasteiger partial charge in [0.15, 0.2) is 0 Å². The van der Waals surface area contributed by atoms with Crippen molar-refractivity contribution in [2.45, 2.75) is 37.6 Å². The van der Waals surface area contributed by atoms with E-state index in [1.165, 1.54) is 0 Å². The minimum absolute atomic E-state index is 0.0483. The third-order valence-electron chi connectivity index (χ3n) is 3.70. The van der Waals surface area contributed by atoms with E-state index < -0.39 is 0 Å². The number of nitrogens with one attached hydrogen (secondary N) is 1. The summed E-state index contributed by atoms with van der Waals surface area (Å²) in [6.07, 6.45) is 4.69. The van der Waals surface area contributed by atoms with Crippen LogP contribution in [0.1, 0.15) is 31.2 Å². The molecular formula is C14H21N3O. The lowest BCUT2D eigenvalue weighted by atomic mass is 9.97. The van der Waals surface area contributed by atoms with Crippen LogP contribution in [0, 0.1) is 0 Å². The number of hydrogen-bond acceptors (Lipinski definition) is 3. The standard InChI is InChI=1S/C14H21N3O/c15-10-14(7-1-2-8-14)17-13(18)9-11-3-5-12(16)6-4-11/h3-6H,1-2,7-10,15-16H2,(H,17,18).